The van der Waals surface area contributed by atoms with Crippen LogP contribution in [0.4, 0.5) is 11.4 Å². The number of rotatable bonds is 8. The van der Waals surface area contributed by atoms with E-state index in [0.29, 0.717) is 36.1 Å². The number of aliphatic hydroxyl groups is 1. The highest BCUT2D eigenvalue weighted by atomic mass is 32.2. The maximum Gasteiger partial charge on any atom is 0.238 e. The summed E-state index contributed by atoms with van der Waals surface area (Å²) in [6.07, 6.45) is 0.524. The number of thioether (sulfide) groups is 1. The SMILES string of the molecule is CCOc1ccc(NC(=O)[C@@H]2CC(=O)N(CCCO)C(=Nc3ccccc3)S2)cc1. The molecule has 3 rings (SSSR count). The second-order valence-corrected chi connectivity index (χ2v) is 7.78. The summed E-state index contributed by atoms with van der Waals surface area (Å²) in [5.74, 6) is 0.304. The third kappa shape index (κ3) is 5.84. The number of benzene rings is 2. The van der Waals surface area contributed by atoms with E-state index in [9.17, 15) is 9.59 Å². The van der Waals surface area contributed by atoms with Crippen LogP contribution in [0.5, 0.6) is 5.75 Å². The van der Waals surface area contributed by atoms with Crippen LogP contribution in [0, 0.1) is 0 Å². The number of nitrogens with zero attached hydrogens (tertiary/aromatic N) is 2. The third-order valence-corrected chi connectivity index (χ3v) is 5.57. The highest BCUT2D eigenvalue weighted by molar-refractivity contribution is 8.15. The third-order valence-electron chi connectivity index (χ3n) is 4.39. The number of hydrogen-bond donors (Lipinski definition) is 2. The Bertz CT molecular complexity index is 887. The molecule has 0 spiro atoms. The number of nitrogens with one attached hydrogen (secondary N) is 1. The van der Waals surface area contributed by atoms with Gasteiger partial charge in [0, 0.05) is 25.3 Å². The van der Waals surface area contributed by atoms with Gasteiger partial charge in [0.1, 0.15) is 11.0 Å². The number of amides is 2. The van der Waals surface area contributed by atoms with Crippen molar-refractivity contribution in [1.29, 1.82) is 0 Å². The van der Waals surface area contributed by atoms with E-state index in [-0.39, 0.29) is 24.8 Å². The molecule has 0 aliphatic carbocycles. The first-order valence-electron chi connectivity index (χ1n) is 9.86. The lowest BCUT2D eigenvalue weighted by atomic mass is 10.2. The zero-order valence-electron chi connectivity index (χ0n) is 16.8. The zero-order valence-corrected chi connectivity index (χ0v) is 17.6. The largest absolute Gasteiger partial charge is 0.494 e. The highest BCUT2D eigenvalue weighted by Gasteiger charge is 2.35. The van der Waals surface area contributed by atoms with Crippen molar-refractivity contribution in [3.05, 3.63) is 54.6 Å². The minimum absolute atomic E-state index is 0.0191. The fourth-order valence-electron chi connectivity index (χ4n) is 2.93. The van der Waals surface area contributed by atoms with Crippen LogP contribution in [-0.4, -0.2) is 52.0 Å². The maximum atomic E-state index is 12.8. The first kappa shape index (κ1) is 21.9. The molecule has 1 fully saturated rings. The van der Waals surface area contributed by atoms with Crippen molar-refractivity contribution in [3.63, 3.8) is 0 Å². The molecule has 0 aromatic heterocycles. The Labute approximate surface area is 180 Å². The first-order chi connectivity index (χ1) is 14.6. The molecule has 2 aromatic rings. The fraction of sp³-hybridized carbons (Fsp3) is 0.318. The van der Waals surface area contributed by atoms with Crippen LogP contribution in [-0.2, 0) is 9.59 Å². The minimum atomic E-state index is -0.586. The Morgan fingerprint density at radius 2 is 1.97 bits per heavy atom. The summed E-state index contributed by atoms with van der Waals surface area (Å²) < 4.78 is 5.41. The molecule has 2 aromatic carbocycles. The van der Waals surface area contributed by atoms with Gasteiger partial charge in [-0.2, -0.15) is 0 Å². The zero-order chi connectivity index (χ0) is 21.3. The molecule has 0 bridgehead atoms. The summed E-state index contributed by atoms with van der Waals surface area (Å²) in [5.41, 5.74) is 1.34. The van der Waals surface area contributed by atoms with Crippen molar-refractivity contribution in [1.82, 2.24) is 4.90 Å². The smallest absolute Gasteiger partial charge is 0.238 e. The highest BCUT2D eigenvalue weighted by Crippen LogP contribution is 2.30. The van der Waals surface area contributed by atoms with Gasteiger partial charge in [-0.1, -0.05) is 30.0 Å². The Morgan fingerprint density at radius 3 is 2.63 bits per heavy atom. The average molecular weight is 428 g/mol. The summed E-state index contributed by atoms with van der Waals surface area (Å²) in [7, 11) is 0. The van der Waals surface area contributed by atoms with Crippen LogP contribution >= 0.6 is 11.8 Å². The van der Waals surface area contributed by atoms with Gasteiger partial charge < -0.3 is 15.2 Å². The molecule has 1 heterocycles. The van der Waals surface area contributed by atoms with E-state index in [0.717, 1.165) is 5.75 Å². The van der Waals surface area contributed by atoms with Gasteiger partial charge in [-0.15, -0.1) is 0 Å². The molecule has 7 nitrogen and oxygen atoms in total. The second kappa shape index (κ2) is 10.8. The van der Waals surface area contributed by atoms with E-state index in [2.05, 4.69) is 10.3 Å². The normalized spacial score (nSPS) is 17.8. The second-order valence-electron chi connectivity index (χ2n) is 6.61. The summed E-state index contributed by atoms with van der Waals surface area (Å²) in [6, 6.07) is 16.4. The van der Waals surface area contributed by atoms with Gasteiger partial charge in [-0.25, -0.2) is 4.99 Å². The molecule has 0 unspecified atom stereocenters. The summed E-state index contributed by atoms with van der Waals surface area (Å²) in [6.45, 7) is 2.82. The lowest BCUT2D eigenvalue weighted by Crippen LogP contribution is -2.45. The number of para-hydroxylation sites is 1. The Morgan fingerprint density at radius 1 is 1.23 bits per heavy atom. The molecule has 1 atom stereocenters. The number of amidine groups is 1. The number of anilines is 1. The van der Waals surface area contributed by atoms with Gasteiger partial charge in [-0.3, -0.25) is 14.5 Å². The van der Waals surface area contributed by atoms with Gasteiger partial charge in [0.2, 0.25) is 11.8 Å². The van der Waals surface area contributed by atoms with Crippen molar-refractivity contribution < 1.29 is 19.4 Å². The van der Waals surface area contributed by atoms with Crippen LogP contribution in [0.3, 0.4) is 0 Å². The maximum absolute atomic E-state index is 12.8. The molecule has 1 aliphatic rings. The fourth-order valence-corrected chi connectivity index (χ4v) is 4.05. The number of aliphatic imine (C=N–C) groups is 1. The number of carbonyl (C=O) groups excluding carboxylic acids is 2. The molecule has 8 heteroatoms. The summed E-state index contributed by atoms with van der Waals surface area (Å²) in [4.78, 5) is 31.7. The monoisotopic (exact) mass is 427 g/mol. The average Bonchev–Trinajstić information content (AvgIpc) is 2.75. The van der Waals surface area contributed by atoms with E-state index in [1.165, 1.54) is 11.8 Å². The lowest BCUT2D eigenvalue weighted by Gasteiger charge is -2.31. The van der Waals surface area contributed by atoms with Crippen molar-refractivity contribution in [3.8, 4) is 5.75 Å². The molecule has 0 radical (unpaired) electrons. The van der Waals surface area contributed by atoms with Gasteiger partial charge in [0.15, 0.2) is 5.17 Å². The van der Waals surface area contributed by atoms with Gasteiger partial charge in [0.25, 0.3) is 0 Å². The minimum Gasteiger partial charge on any atom is -0.494 e. The topological polar surface area (TPSA) is 91.2 Å². The van der Waals surface area contributed by atoms with E-state index >= 15 is 0 Å². The van der Waals surface area contributed by atoms with Crippen LogP contribution in [0.25, 0.3) is 0 Å². The van der Waals surface area contributed by atoms with E-state index in [1.807, 2.05) is 37.3 Å². The number of ether oxygens (including phenoxy) is 1. The summed E-state index contributed by atoms with van der Waals surface area (Å²) in [5, 5.41) is 11.9. The van der Waals surface area contributed by atoms with Crippen LogP contribution < -0.4 is 10.1 Å². The standard InChI is InChI=1S/C22H25N3O4S/c1-2-29-18-11-9-17(10-12-18)23-21(28)19-15-20(27)25(13-6-14-26)22(30-19)24-16-7-4-3-5-8-16/h3-5,7-12,19,26H,2,6,13-15H2,1H3,(H,23,28)/t19-/m0/s1. The Balaban J connectivity index is 1.74. The van der Waals surface area contributed by atoms with E-state index in [4.69, 9.17) is 9.84 Å². The predicted molar refractivity (Wildman–Crippen MR) is 119 cm³/mol. The van der Waals surface area contributed by atoms with Gasteiger partial charge >= 0.3 is 0 Å². The Hall–Kier alpha value is -2.84. The molecule has 2 amide bonds. The van der Waals surface area contributed by atoms with Gasteiger partial charge in [0.05, 0.1) is 12.3 Å². The number of hydrogen-bond acceptors (Lipinski definition) is 6. The van der Waals surface area contributed by atoms with Crippen molar-refractivity contribution in [2.24, 2.45) is 4.99 Å². The molecule has 158 valence electrons. The molecule has 1 aliphatic heterocycles. The van der Waals surface area contributed by atoms with Crippen LogP contribution in [0.2, 0.25) is 0 Å². The number of carbonyl (C=O) groups is 2. The Kier molecular flexibility index (Phi) is 7.87. The molecule has 1 saturated heterocycles. The quantitative estimate of drug-likeness (QED) is 0.674. The van der Waals surface area contributed by atoms with Crippen molar-refractivity contribution in [2.45, 2.75) is 25.0 Å². The molecule has 2 N–H and O–H groups in total. The van der Waals surface area contributed by atoms with Gasteiger partial charge in [-0.05, 0) is 49.7 Å². The van der Waals surface area contributed by atoms with Crippen LogP contribution in [0.1, 0.15) is 19.8 Å². The van der Waals surface area contributed by atoms with E-state index < -0.39 is 5.25 Å². The molecule has 0 saturated carbocycles. The first-order valence-corrected chi connectivity index (χ1v) is 10.7. The molecule has 30 heavy (non-hydrogen) atoms. The van der Waals surface area contributed by atoms with Crippen molar-refractivity contribution in [2.75, 3.05) is 25.1 Å². The predicted octanol–water partition coefficient (Wildman–Crippen LogP) is 3.43. The molecular formula is C22H25N3O4S. The number of aliphatic hydroxyl groups excluding tert-OH is 1. The van der Waals surface area contributed by atoms with E-state index in [1.54, 1.807) is 29.2 Å². The summed E-state index contributed by atoms with van der Waals surface area (Å²) >= 11 is 1.26. The molecular weight excluding hydrogens is 402 g/mol. The van der Waals surface area contributed by atoms with Crippen molar-refractivity contribution >= 4 is 40.1 Å². The van der Waals surface area contributed by atoms with Crippen LogP contribution in [0.15, 0.2) is 59.6 Å². The lowest BCUT2D eigenvalue weighted by molar-refractivity contribution is -0.129.